The van der Waals surface area contributed by atoms with Gasteiger partial charge in [0.05, 0.1) is 21.2 Å². The van der Waals surface area contributed by atoms with Gasteiger partial charge in [-0.05, 0) is 49.4 Å². The van der Waals surface area contributed by atoms with Crippen molar-refractivity contribution in [2.24, 2.45) is 0 Å². The molecule has 10 heteroatoms. The van der Waals surface area contributed by atoms with E-state index in [1.165, 1.54) is 32.3 Å². The second kappa shape index (κ2) is 7.60. The Morgan fingerprint density at radius 1 is 0.923 bits per heavy atom. The minimum atomic E-state index is -4.02. The molecule has 7 nitrogen and oxygen atoms in total. The molecule has 0 aromatic heterocycles. The molecule has 0 fully saturated rings. The van der Waals surface area contributed by atoms with E-state index in [2.05, 4.69) is 10.0 Å². The van der Waals surface area contributed by atoms with Crippen LogP contribution in [0.25, 0.3) is 0 Å². The van der Waals surface area contributed by atoms with Crippen LogP contribution in [0, 0.1) is 5.82 Å². The van der Waals surface area contributed by atoms with Crippen LogP contribution in [0.2, 0.25) is 0 Å². The summed E-state index contributed by atoms with van der Waals surface area (Å²) in [5, 5.41) is 2.97. The van der Waals surface area contributed by atoms with Crippen molar-refractivity contribution >= 4 is 31.4 Å². The van der Waals surface area contributed by atoms with Gasteiger partial charge in [-0.1, -0.05) is 0 Å². The zero-order valence-corrected chi connectivity index (χ0v) is 16.2. The molecular formula is C16H20FN3O4S2. The first-order valence-corrected chi connectivity index (χ1v) is 10.6. The Balaban J connectivity index is 2.50. The first-order chi connectivity index (χ1) is 12.1. The SMILES string of the molecule is CCNc1ccc(S(=O)(=O)N(C)C)cc1NS(=O)(=O)c1ccc(F)cc1. The Morgan fingerprint density at radius 3 is 2.04 bits per heavy atom. The number of hydrogen-bond donors (Lipinski definition) is 2. The van der Waals surface area contributed by atoms with E-state index in [9.17, 15) is 21.2 Å². The summed E-state index contributed by atoms with van der Waals surface area (Å²) < 4.78 is 66.1. The number of nitrogens with one attached hydrogen (secondary N) is 2. The second-order valence-electron chi connectivity index (χ2n) is 5.58. The third kappa shape index (κ3) is 4.32. The lowest BCUT2D eigenvalue weighted by molar-refractivity contribution is 0.521. The van der Waals surface area contributed by atoms with Crippen LogP contribution in [0.5, 0.6) is 0 Å². The Morgan fingerprint density at radius 2 is 1.50 bits per heavy atom. The van der Waals surface area contributed by atoms with Crippen LogP contribution in [0.4, 0.5) is 15.8 Å². The Kier molecular flexibility index (Phi) is 5.89. The molecule has 2 N–H and O–H groups in total. The molecule has 0 radical (unpaired) electrons. The first-order valence-electron chi connectivity index (χ1n) is 7.67. The lowest BCUT2D eigenvalue weighted by Crippen LogP contribution is -2.22. The van der Waals surface area contributed by atoms with Crippen molar-refractivity contribution in [1.82, 2.24) is 4.31 Å². The van der Waals surface area contributed by atoms with Crippen LogP contribution < -0.4 is 10.0 Å². The van der Waals surface area contributed by atoms with Gasteiger partial charge in [0.15, 0.2) is 0 Å². The number of sulfonamides is 2. The molecule has 2 aromatic rings. The van der Waals surface area contributed by atoms with Gasteiger partial charge >= 0.3 is 0 Å². The van der Waals surface area contributed by atoms with Gasteiger partial charge in [0, 0.05) is 20.6 Å². The van der Waals surface area contributed by atoms with Gasteiger partial charge in [-0.3, -0.25) is 4.72 Å². The third-order valence-corrected chi connectivity index (χ3v) is 6.70. The highest BCUT2D eigenvalue weighted by molar-refractivity contribution is 7.92. The van der Waals surface area contributed by atoms with Crippen molar-refractivity contribution in [1.29, 1.82) is 0 Å². The highest BCUT2D eigenvalue weighted by atomic mass is 32.2. The van der Waals surface area contributed by atoms with Gasteiger partial charge in [0.25, 0.3) is 10.0 Å². The minimum absolute atomic E-state index is 0.0547. The van der Waals surface area contributed by atoms with E-state index < -0.39 is 25.9 Å². The Labute approximate surface area is 152 Å². The Hall–Kier alpha value is -2.17. The molecular weight excluding hydrogens is 381 g/mol. The van der Waals surface area contributed by atoms with Crippen LogP contribution >= 0.6 is 0 Å². The third-order valence-electron chi connectivity index (χ3n) is 3.51. The molecule has 0 saturated carbocycles. The molecule has 26 heavy (non-hydrogen) atoms. The number of nitrogens with zero attached hydrogens (tertiary/aromatic N) is 1. The molecule has 0 aliphatic rings. The highest BCUT2D eigenvalue weighted by Gasteiger charge is 2.21. The van der Waals surface area contributed by atoms with Crippen molar-refractivity contribution in [3.8, 4) is 0 Å². The maximum Gasteiger partial charge on any atom is 0.261 e. The van der Waals surface area contributed by atoms with Gasteiger partial charge < -0.3 is 5.32 Å². The molecule has 0 heterocycles. The molecule has 0 aliphatic carbocycles. The largest absolute Gasteiger partial charge is 0.384 e. The van der Waals surface area contributed by atoms with E-state index in [1.807, 2.05) is 6.92 Å². The molecule has 142 valence electrons. The molecule has 0 amide bonds. The topological polar surface area (TPSA) is 95.6 Å². The van der Waals surface area contributed by atoms with E-state index in [0.717, 1.165) is 28.6 Å². The van der Waals surface area contributed by atoms with Crippen molar-refractivity contribution in [2.75, 3.05) is 30.7 Å². The maximum absolute atomic E-state index is 13.0. The van der Waals surface area contributed by atoms with Crippen molar-refractivity contribution in [2.45, 2.75) is 16.7 Å². The minimum Gasteiger partial charge on any atom is -0.384 e. The van der Waals surface area contributed by atoms with Crippen LogP contribution in [0.15, 0.2) is 52.3 Å². The quantitative estimate of drug-likeness (QED) is 0.742. The average Bonchev–Trinajstić information content (AvgIpc) is 2.56. The Bertz CT molecular complexity index is 989. The fourth-order valence-electron chi connectivity index (χ4n) is 2.14. The molecule has 0 bridgehead atoms. The summed E-state index contributed by atoms with van der Waals surface area (Å²) in [4.78, 5) is -0.192. The molecule has 0 aliphatic heterocycles. The smallest absolute Gasteiger partial charge is 0.261 e. The molecule has 2 rings (SSSR count). The normalized spacial score (nSPS) is 12.2. The van der Waals surface area contributed by atoms with E-state index in [0.29, 0.717) is 12.2 Å². The molecule has 0 atom stereocenters. The van der Waals surface area contributed by atoms with E-state index in [-0.39, 0.29) is 15.5 Å². The van der Waals surface area contributed by atoms with Gasteiger partial charge in [-0.15, -0.1) is 0 Å². The monoisotopic (exact) mass is 401 g/mol. The first kappa shape index (κ1) is 20.1. The van der Waals surface area contributed by atoms with Crippen LogP contribution in [-0.2, 0) is 20.0 Å². The summed E-state index contributed by atoms with van der Waals surface area (Å²) in [7, 11) is -4.98. The van der Waals surface area contributed by atoms with Gasteiger partial charge in [0.2, 0.25) is 10.0 Å². The summed E-state index contributed by atoms with van der Waals surface area (Å²) >= 11 is 0. The zero-order chi connectivity index (χ0) is 19.5. The fraction of sp³-hybridized carbons (Fsp3) is 0.250. The number of halogens is 1. The van der Waals surface area contributed by atoms with Crippen LogP contribution in [0.3, 0.4) is 0 Å². The standard InChI is InChI=1S/C16H20FN3O4S2/c1-4-18-15-10-9-14(26(23,24)20(2)3)11-16(15)19-25(21,22)13-7-5-12(17)6-8-13/h5-11,18-19H,4H2,1-3H3. The number of anilines is 2. The van der Waals surface area contributed by atoms with Gasteiger partial charge in [-0.2, -0.15) is 0 Å². The molecule has 0 unspecified atom stereocenters. The van der Waals surface area contributed by atoms with Gasteiger partial charge in [-0.25, -0.2) is 25.5 Å². The van der Waals surface area contributed by atoms with E-state index >= 15 is 0 Å². The maximum atomic E-state index is 13.0. The van der Waals surface area contributed by atoms with E-state index in [4.69, 9.17) is 0 Å². The lowest BCUT2D eigenvalue weighted by atomic mass is 10.2. The second-order valence-corrected chi connectivity index (χ2v) is 9.42. The van der Waals surface area contributed by atoms with Gasteiger partial charge in [0.1, 0.15) is 5.82 Å². The summed E-state index contributed by atoms with van der Waals surface area (Å²) in [6.45, 7) is 2.33. The summed E-state index contributed by atoms with van der Waals surface area (Å²) in [5.74, 6) is -0.559. The van der Waals surface area contributed by atoms with Crippen LogP contribution in [0.1, 0.15) is 6.92 Å². The highest BCUT2D eigenvalue weighted by Crippen LogP contribution is 2.29. The summed E-state index contributed by atoms with van der Waals surface area (Å²) in [6.07, 6.45) is 0. The molecule has 0 saturated heterocycles. The van der Waals surface area contributed by atoms with Crippen LogP contribution in [-0.4, -0.2) is 41.8 Å². The molecule has 0 spiro atoms. The average molecular weight is 401 g/mol. The predicted octanol–water partition coefficient (Wildman–Crippen LogP) is 2.31. The number of hydrogen-bond acceptors (Lipinski definition) is 5. The summed E-state index contributed by atoms with van der Waals surface area (Å²) in [5.41, 5.74) is 0.509. The van der Waals surface area contributed by atoms with Crippen molar-refractivity contribution in [3.05, 3.63) is 48.3 Å². The number of benzene rings is 2. The predicted molar refractivity (Wildman–Crippen MR) is 98.7 cm³/mol. The van der Waals surface area contributed by atoms with E-state index in [1.54, 1.807) is 0 Å². The van der Waals surface area contributed by atoms with Crippen molar-refractivity contribution < 1.29 is 21.2 Å². The number of rotatable bonds is 7. The fourth-order valence-corrected chi connectivity index (χ4v) is 4.14. The summed E-state index contributed by atoms with van der Waals surface area (Å²) in [6, 6.07) is 8.45. The zero-order valence-electron chi connectivity index (χ0n) is 14.5. The molecule has 2 aromatic carbocycles. The lowest BCUT2D eigenvalue weighted by Gasteiger charge is -2.17. The van der Waals surface area contributed by atoms with Crippen molar-refractivity contribution in [3.63, 3.8) is 0 Å².